The first-order chi connectivity index (χ1) is 9.66. The average Bonchev–Trinajstić information content (AvgIpc) is 2.48. The van der Waals surface area contributed by atoms with Gasteiger partial charge >= 0.3 is 0 Å². The van der Waals surface area contributed by atoms with E-state index in [1.54, 1.807) is 12.1 Å². The number of aryl methyl sites for hydroxylation is 1. The summed E-state index contributed by atoms with van der Waals surface area (Å²) in [4.78, 5) is 0. The molecule has 0 spiro atoms. The van der Waals surface area contributed by atoms with Crippen LogP contribution < -0.4 is 5.73 Å². The second-order valence-electron chi connectivity index (χ2n) is 5.05. The van der Waals surface area contributed by atoms with E-state index in [9.17, 15) is 4.39 Å². The quantitative estimate of drug-likeness (QED) is 0.733. The highest BCUT2D eigenvalue weighted by Gasteiger charge is 2.12. The van der Waals surface area contributed by atoms with E-state index >= 15 is 0 Å². The Labute approximate surface area is 117 Å². The summed E-state index contributed by atoms with van der Waals surface area (Å²) in [6, 6.07) is 18.5. The zero-order valence-corrected chi connectivity index (χ0v) is 11.3. The molecule has 0 aliphatic rings. The van der Waals surface area contributed by atoms with E-state index in [2.05, 4.69) is 31.2 Å². The topological polar surface area (TPSA) is 26.0 Å². The normalized spacial score (nSPS) is 12.6. The van der Waals surface area contributed by atoms with E-state index in [1.807, 2.05) is 12.1 Å². The van der Waals surface area contributed by atoms with Gasteiger partial charge in [0.15, 0.2) is 0 Å². The third-order valence-electron chi connectivity index (χ3n) is 3.74. The maximum atomic E-state index is 13.0. The number of fused-ring (bicyclic) bond motifs is 1. The molecule has 0 fully saturated rings. The van der Waals surface area contributed by atoms with Crippen molar-refractivity contribution < 1.29 is 4.39 Å². The zero-order chi connectivity index (χ0) is 14.1. The lowest BCUT2D eigenvalue weighted by Crippen LogP contribution is -2.12. The van der Waals surface area contributed by atoms with Gasteiger partial charge < -0.3 is 5.73 Å². The van der Waals surface area contributed by atoms with Crippen molar-refractivity contribution in [3.63, 3.8) is 0 Å². The Morgan fingerprint density at radius 1 is 0.850 bits per heavy atom. The van der Waals surface area contributed by atoms with Crippen LogP contribution in [-0.4, -0.2) is 0 Å². The number of hydrogen-bond acceptors (Lipinski definition) is 1. The standard InChI is InChI=1S/C18H16FN/c1-12-6-11-17(16-5-3-2-4-15(12)16)18(20)13-7-9-14(19)10-8-13/h2-11,18H,20H2,1H3. The second-order valence-corrected chi connectivity index (χ2v) is 5.05. The van der Waals surface area contributed by atoms with Crippen molar-refractivity contribution in [2.45, 2.75) is 13.0 Å². The molecule has 0 saturated carbocycles. The Balaban J connectivity index is 2.14. The molecular formula is C18H16FN. The maximum Gasteiger partial charge on any atom is 0.123 e. The Morgan fingerprint density at radius 2 is 1.50 bits per heavy atom. The van der Waals surface area contributed by atoms with Gasteiger partial charge in [0.2, 0.25) is 0 Å². The fraction of sp³-hybridized carbons (Fsp3) is 0.111. The summed E-state index contributed by atoms with van der Waals surface area (Å²) in [5, 5.41) is 2.37. The van der Waals surface area contributed by atoms with Gasteiger partial charge in [-0.15, -0.1) is 0 Å². The molecule has 20 heavy (non-hydrogen) atoms. The summed E-state index contributed by atoms with van der Waals surface area (Å²) in [5.41, 5.74) is 9.58. The molecule has 3 rings (SSSR count). The molecule has 0 heterocycles. The summed E-state index contributed by atoms with van der Waals surface area (Å²) >= 11 is 0. The van der Waals surface area contributed by atoms with E-state index in [-0.39, 0.29) is 11.9 Å². The minimum absolute atomic E-state index is 0.241. The molecule has 1 nitrogen and oxygen atoms in total. The van der Waals surface area contributed by atoms with Crippen LogP contribution in [0.3, 0.4) is 0 Å². The molecule has 0 aliphatic heterocycles. The third-order valence-corrected chi connectivity index (χ3v) is 3.74. The van der Waals surface area contributed by atoms with Gasteiger partial charge in [-0.25, -0.2) is 4.39 Å². The highest BCUT2D eigenvalue weighted by atomic mass is 19.1. The summed E-state index contributed by atoms with van der Waals surface area (Å²) in [5.74, 6) is -0.241. The van der Waals surface area contributed by atoms with Gasteiger partial charge in [0, 0.05) is 0 Å². The van der Waals surface area contributed by atoms with Gasteiger partial charge in [0.1, 0.15) is 5.82 Å². The monoisotopic (exact) mass is 265 g/mol. The molecule has 0 bridgehead atoms. The molecule has 0 aliphatic carbocycles. The molecule has 0 aromatic heterocycles. The second kappa shape index (κ2) is 5.06. The minimum Gasteiger partial charge on any atom is -0.320 e. The molecule has 0 radical (unpaired) electrons. The first-order valence-electron chi connectivity index (χ1n) is 6.66. The number of nitrogens with two attached hydrogens (primary N) is 1. The highest BCUT2D eigenvalue weighted by molar-refractivity contribution is 5.89. The summed E-state index contributed by atoms with van der Waals surface area (Å²) in [6.07, 6.45) is 0. The smallest absolute Gasteiger partial charge is 0.123 e. The van der Waals surface area contributed by atoms with Crippen LogP contribution in [0.5, 0.6) is 0 Å². The third kappa shape index (κ3) is 2.19. The van der Waals surface area contributed by atoms with E-state index in [4.69, 9.17) is 5.73 Å². The van der Waals surface area contributed by atoms with Crippen molar-refractivity contribution in [3.8, 4) is 0 Å². The molecule has 1 atom stereocenters. The zero-order valence-electron chi connectivity index (χ0n) is 11.3. The van der Waals surface area contributed by atoms with Crippen molar-refractivity contribution in [2.24, 2.45) is 5.73 Å². The lowest BCUT2D eigenvalue weighted by Gasteiger charge is -2.16. The van der Waals surface area contributed by atoms with Crippen molar-refractivity contribution in [2.75, 3.05) is 0 Å². The van der Waals surface area contributed by atoms with E-state index in [0.717, 1.165) is 16.5 Å². The predicted octanol–water partition coefficient (Wildman–Crippen LogP) is 4.34. The fourth-order valence-electron chi connectivity index (χ4n) is 2.59. The Bertz CT molecular complexity index is 747. The fourth-order valence-corrected chi connectivity index (χ4v) is 2.59. The van der Waals surface area contributed by atoms with Crippen LogP contribution >= 0.6 is 0 Å². The van der Waals surface area contributed by atoms with Crippen LogP contribution in [0.1, 0.15) is 22.7 Å². The Morgan fingerprint density at radius 3 is 2.20 bits per heavy atom. The Kier molecular flexibility index (Phi) is 3.25. The van der Waals surface area contributed by atoms with Gasteiger partial charge in [-0.2, -0.15) is 0 Å². The summed E-state index contributed by atoms with van der Waals surface area (Å²) in [6.45, 7) is 2.09. The predicted molar refractivity (Wildman–Crippen MR) is 81.1 cm³/mol. The summed E-state index contributed by atoms with van der Waals surface area (Å²) in [7, 11) is 0. The van der Waals surface area contributed by atoms with Gasteiger partial charge in [-0.1, -0.05) is 48.5 Å². The van der Waals surface area contributed by atoms with Crippen molar-refractivity contribution >= 4 is 10.8 Å². The van der Waals surface area contributed by atoms with Crippen LogP contribution in [-0.2, 0) is 0 Å². The van der Waals surface area contributed by atoms with Gasteiger partial charge in [-0.05, 0) is 46.5 Å². The minimum atomic E-state index is -0.249. The number of halogens is 1. The summed E-state index contributed by atoms with van der Waals surface area (Å²) < 4.78 is 13.0. The molecule has 100 valence electrons. The molecule has 0 saturated heterocycles. The number of rotatable bonds is 2. The molecule has 3 aromatic rings. The van der Waals surface area contributed by atoms with Crippen molar-refractivity contribution in [3.05, 3.63) is 83.2 Å². The van der Waals surface area contributed by atoms with Crippen LogP contribution in [0.15, 0.2) is 60.7 Å². The molecule has 1 unspecified atom stereocenters. The van der Waals surface area contributed by atoms with E-state index < -0.39 is 0 Å². The highest BCUT2D eigenvalue weighted by Crippen LogP contribution is 2.29. The largest absolute Gasteiger partial charge is 0.320 e. The van der Waals surface area contributed by atoms with Crippen molar-refractivity contribution in [1.82, 2.24) is 0 Å². The Hall–Kier alpha value is -2.19. The van der Waals surface area contributed by atoms with Gasteiger partial charge in [-0.3, -0.25) is 0 Å². The number of benzene rings is 3. The number of hydrogen-bond donors (Lipinski definition) is 1. The van der Waals surface area contributed by atoms with E-state index in [0.29, 0.717) is 0 Å². The van der Waals surface area contributed by atoms with Crippen LogP contribution in [0.4, 0.5) is 4.39 Å². The maximum absolute atomic E-state index is 13.0. The van der Waals surface area contributed by atoms with E-state index in [1.165, 1.54) is 23.1 Å². The van der Waals surface area contributed by atoms with Crippen molar-refractivity contribution in [1.29, 1.82) is 0 Å². The first kappa shape index (κ1) is 12.8. The molecule has 2 heteroatoms. The lowest BCUT2D eigenvalue weighted by atomic mass is 9.92. The van der Waals surface area contributed by atoms with Crippen LogP contribution in [0.2, 0.25) is 0 Å². The van der Waals surface area contributed by atoms with Gasteiger partial charge in [0.25, 0.3) is 0 Å². The molecule has 3 aromatic carbocycles. The molecular weight excluding hydrogens is 249 g/mol. The molecule has 2 N–H and O–H groups in total. The SMILES string of the molecule is Cc1ccc(C(N)c2ccc(F)cc2)c2ccccc12. The lowest BCUT2D eigenvalue weighted by molar-refractivity contribution is 0.626. The van der Waals surface area contributed by atoms with Crippen LogP contribution in [0.25, 0.3) is 10.8 Å². The first-order valence-corrected chi connectivity index (χ1v) is 6.66. The molecule has 0 amide bonds. The average molecular weight is 265 g/mol. The van der Waals surface area contributed by atoms with Gasteiger partial charge in [0.05, 0.1) is 6.04 Å². The van der Waals surface area contributed by atoms with Crippen LogP contribution in [0, 0.1) is 12.7 Å².